The molecule has 0 bridgehead atoms. The van der Waals surface area contributed by atoms with E-state index in [1.165, 1.54) is 30.6 Å². The summed E-state index contributed by atoms with van der Waals surface area (Å²) in [5.74, 6) is -1.81. The fraction of sp³-hybridized carbons (Fsp3) is 0.483. The van der Waals surface area contributed by atoms with Crippen LogP contribution in [-0.4, -0.2) is 59.0 Å². The highest BCUT2D eigenvalue weighted by Crippen LogP contribution is 2.27. The van der Waals surface area contributed by atoms with Crippen molar-refractivity contribution >= 4 is 17.8 Å². The number of hydrogen-bond donors (Lipinski definition) is 3. The van der Waals surface area contributed by atoms with Gasteiger partial charge in [-0.3, -0.25) is 19.4 Å². The highest BCUT2D eigenvalue weighted by atomic mass is 19.1. The number of benzene rings is 1. The maximum Gasteiger partial charge on any atom is 0.305 e. The molecule has 2 aliphatic heterocycles. The smallest absolute Gasteiger partial charge is 0.305 e. The van der Waals surface area contributed by atoms with Crippen molar-refractivity contribution < 1.29 is 23.9 Å². The zero-order valence-electron chi connectivity index (χ0n) is 21.9. The van der Waals surface area contributed by atoms with Gasteiger partial charge in [-0.15, -0.1) is 0 Å². The molecule has 10 heteroatoms. The van der Waals surface area contributed by atoms with Crippen LogP contribution >= 0.6 is 0 Å². The molecule has 4 rings (SSSR count). The van der Waals surface area contributed by atoms with Gasteiger partial charge in [-0.1, -0.05) is 6.07 Å². The first kappa shape index (κ1) is 28.2. The first-order valence-electron chi connectivity index (χ1n) is 13.5. The Hall–Kier alpha value is -3.84. The molecular weight excluding hydrogens is 501 g/mol. The summed E-state index contributed by atoms with van der Waals surface area (Å²) in [6.07, 6.45) is 7.51. The molecule has 0 radical (unpaired) electrons. The molecular formula is C29H34FN5O4. The van der Waals surface area contributed by atoms with Crippen LogP contribution in [0.4, 0.5) is 4.39 Å². The Kier molecular flexibility index (Phi) is 9.60. The fourth-order valence-electron chi connectivity index (χ4n) is 5.39. The summed E-state index contributed by atoms with van der Waals surface area (Å²) >= 11 is 0. The number of pyridine rings is 1. The largest absolute Gasteiger partial charge is 0.481 e. The molecule has 1 aromatic carbocycles. The van der Waals surface area contributed by atoms with Gasteiger partial charge in [0.1, 0.15) is 11.9 Å². The number of carboxylic acids is 1. The number of nitriles is 1. The van der Waals surface area contributed by atoms with Gasteiger partial charge in [-0.05, 0) is 80.4 Å². The second-order valence-corrected chi connectivity index (χ2v) is 10.4. The number of hydrogen-bond acceptors (Lipinski definition) is 6. The van der Waals surface area contributed by atoms with Gasteiger partial charge in [0.2, 0.25) is 11.8 Å². The number of rotatable bonds is 9. The molecule has 2 fully saturated rings. The molecule has 2 saturated heterocycles. The van der Waals surface area contributed by atoms with E-state index in [2.05, 4.69) is 15.6 Å². The number of aromatic nitrogens is 1. The second kappa shape index (κ2) is 13.3. The van der Waals surface area contributed by atoms with Gasteiger partial charge < -0.3 is 20.6 Å². The lowest BCUT2D eigenvalue weighted by atomic mass is 9.92. The monoisotopic (exact) mass is 535 g/mol. The van der Waals surface area contributed by atoms with E-state index >= 15 is 0 Å². The predicted octanol–water partition coefficient (Wildman–Crippen LogP) is 3.41. The number of carbonyl (C=O) groups excluding carboxylic acids is 2. The lowest BCUT2D eigenvalue weighted by molar-refractivity contribution is -0.138. The summed E-state index contributed by atoms with van der Waals surface area (Å²) in [6.45, 7) is 2.93. The molecule has 2 aliphatic rings. The molecule has 1 aromatic heterocycles. The van der Waals surface area contributed by atoms with Crippen LogP contribution in [0.15, 0.2) is 36.7 Å². The van der Waals surface area contributed by atoms with Gasteiger partial charge in [0, 0.05) is 37.5 Å². The molecule has 0 aliphatic carbocycles. The summed E-state index contributed by atoms with van der Waals surface area (Å²) in [5, 5.41) is 24.9. The molecule has 0 saturated carbocycles. The SMILES string of the molecule is N#Cc1cc(-c2cncc(C(CC(=O)O)NC(=O)C3CCCN(C(=O)CCC4CCNCC4)C3)c2)ccc1F. The number of piperidine rings is 2. The lowest BCUT2D eigenvalue weighted by Gasteiger charge is -2.33. The predicted molar refractivity (Wildman–Crippen MR) is 142 cm³/mol. The van der Waals surface area contributed by atoms with Gasteiger partial charge in [0.25, 0.3) is 0 Å². The maximum atomic E-state index is 13.8. The van der Waals surface area contributed by atoms with Crippen LogP contribution in [0.3, 0.4) is 0 Å². The Labute approximate surface area is 227 Å². The molecule has 2 atom stereocenters. The third-order valence-electron chi connectivity index (χ3n) is 7.65. The van der Waals surface area contributed by atoms with E-state index in [1.807, 2.05) is 0 Å². The van der Waals surface area contributed by atoms with Crippen LogP contribution in [0.2, 0.25) is 0 Å². The number of carbonyl (C=O) groups is 3. The molecule has 2 unspecified atom stereocenters. The minimum atomic E-state index is -1.09. The number of halogens is 1. The summed E-state index contributed by atoms with van der Waals surface area (Å²) in [6, 6.07) is 6.76. The highest BCUT2D eigenvalue weighted by molar-refractivity contribution is 5.82. The number of aliphatic carboxylic acids is 1. The molecule has 2 amide bonds. The van der Waals surface area contributed by atoms with Crippen LogP contribution in [0.5, 0.6) is 0 Å². The van der Waals surface area contributed by atoms with Crippen LogP contribution < -0.4 is 10.6 Å². The zero-order chi connectivity index (χ0) is 27.8. The van der Waals surface area contributed by atoms with E-state index in [-0.39, 0.29) is 23.8 Å². The van der Waals surface area contributed by atoms with Gasteiger partial charge in [-0.2, -0.15) is 5.26 Å². The van der Waals surface area contributed by atoms with Gasteiger partial charge in [0.05, 0.1) is 23.9 Å². The lowest BCUT2D eigenvalue weighted by Crippen LogP contribution is -2.46. The molecule has 3 heterocycles. The highest BCUT2D eigenvalue weighted by Gasteiger charge is 2.31. The number of carboxylic acid groups (broad SMARTS) is 1. The van der Waals surface area contributed by atoms with Gasteiger partial charge in [-0.25, -0.2) is 4.39 Å². The number of likely N-dealkylation sites (tertiary alicyclic amines) is 1. The van der Waals surface area contributed by atoms with E-state index in [4.69, 9.17) is 5.26 Å². The van der Waals surface area contributed by atoms with Gasteiger partial charge >= 0.3 is 5.97 Å². The van der Waals surface area contributed by atoms with E-state index in [9.17, 15) is 23.9 Å². The molecule has 3 N–H and O–H groups in total. The fourth-order valence-corrected chi connectivity index (χ4v) is 5.39. The van der Waals surface area contributed by atoms with E-state index in [0.717, 1.165) is 32.4 Å². The minimum Gasteiger partial charge on any atom is -0.481 e. The van der Waals surface area contributed by atoms with Crippen LogP contribution in [0.25, 0.3) is 11.1 Å². The van der Waals surface area contributed by atoms with Crippen LogP contribution in [0.1, 0.15) is 62.1 Å². The quantitative estimate of drug-likeness (QED) is 0.448. The molecule has 2 aromatic rings. The van der Waals surface area contributed by atoms with Crippen LogP contribution in [0, 0.1) is 29.0 Å². The van der Waals surface area contributed by atoms with Gasteiger partial charge in [0.15, 0.2) is 0 Å². The molecule has 206 valence electrons. The van der Waals surface area contributed by atoms with Crippen molar-refractivity contribution in [1.29, 1.82) is 5.26 Å². The third-order valence-corrected chi connectivity index (χ3v) is 7.65. The number of amides is 2. The average Bonchev–Trinajstić information content (AvgIpc) is 2.96. The molecule has 0 spiro atoms. The number of nitrogens with zero attached hydrogens (tertiary/aromatic N) is 3. The van der Waals surface area contributed by atoms with Crippen molar-refractivity contribution in [2.24, 2.45) is 11.8 Å². The Bertz CT molecular complexity index is 1240. The summed E-state index contributed by atoms with van der Waals surface area (Å²) < 4.78 is 13.8. The van der Waals surface area contributed by atoms with E-state index < -0.39 is 23.7 Å². The Morgan fingerprint density at radius 1 is 1.18 bits per heavy atom. The minimum absolute atomic E-state index is 0.0704. The topological polar surface area (TPSA) is 135 Å². The van der Waals surface area contributed by atoms with Crippen molar-refractivity contribution in [3.63, 3.8) is 0 Å². The first-order valence-corrected chi connectivity index (χ1v) is 13.5. The second-order valence-electron chi connectivity index (χ2n) is 10.4. The zero-order valence-corrected chi connectivity index (χ0v) is 21.9. The van der Waals surface area contributed by atoms with E-state index in [0.29, 0.717) is 55.0 Å². The third kappa shape index (κ3) is 7.60. The standard InChI is InChI=1S/C29H34FN5O4/c30-25-5-4-20(12-22(25)15-31)23-13-24(17-33-16-23)26(14-28(37)38)34-29(39)21-2-1-11-35(18-21)27(36)6-3-19-7-9-32-10-8-19/h4-5,12-13,16-17,19,21,26,32H,1-3,6-11,14,18H2,(H,34,39)(H,37,38). The Morgan fingerprint density at radius 2 is 1.97 bits per heavy atom. The first-order chi connectivity index (χ1) is 18.8. The Balaban J connectivity index is 1.42. The van der Waals surface area contributed by atoms with Crippen molar-refractivity contribution in [2.75, 3.05) is 26.2 Å². The molecule has 39 heavy (non-hydrogen) atoms. The van der Waals surface area contributed by atoms with Crippen molar-refractivity contribution in [2.45, 2.75) is 51.0 Å². The molecule has 9 nitrogen and oxygen atoms in total. The summed E-state index contributed by atoms with van der Waals surface area (Å²) in [5.41, 5.74) is 1.49. The van der Waals surface area contributed by atoms with Crippen molar-refractivity contribution in [1.82, 2.24) is 20.5 Å². The maximum absolute atomic E-state index is 13.8. The summed E-state index contributed by atoms with van der Waals surface area (Å²) in [7, 11) is 0. The average molecular weight is 536 g/mol. The normalized spacial score (nSPS) is 18.7. The van der Waals surface area contributed by atoms with E-state index in [1.54, 1.807) is 17.0 Å². The number of nitrogens with one attached hydrogen (secondary N) is 2. The van der Waals surface area contributed by atoms with Crippen LogP contribution in [-0.2, 0) is 14.4 Å². The summed E-state index contributed by atoms with van der Waals surface area (Å²) in [4.78, 5) is 43.8. The van der Waals surface area contributed by atoms with Crippen molar-refractivity contribution in [3.05, 3.63) is 53.6 Å². The Morgan fingerprint density at radius 3 is 2.72 bits per heavy atom. The van der Waals surface area contributed by atoms with Crippen molar-refractivity contribution in [3.8, 4) is 17.2 Å².